The minimum atomic E-state index is -0.300. The van der Waals surface area contributed by atoms with Crippen LogP contribution in [0.5, 0.6) is 5.88 Å². The molecule has 0 saturated carbocycles. The quantitative estimate of drug-likeness (QED) is 0.186. The molecule has 170 valence electrons. The van der Waals surface area contributed by atoms with Crippen molar-refractivity contribution in [1.29, 1.82) is 0 Å². The van der Waals surface area contributed by atoms with Gasteiger partial charge >= 0.3 is 0 Å². The normalized spacial score (nSPS) is 11.8. The van der Waals surface area contributed by atoms with Gasteiger partial charge in [-0.05, 0) is 48.0 Å². The number of aromatic hydroxyl groups is 1. The summed E-state index contributed by atoms with van der Waals surface area (Å²) in [4.78, 5) is 4.74. The third kappa shape index (κ3) is 3.84. The molecule has 0 saturated heterocycles. The Balaban J connectivity index is 1.54. The van der Waals surface area contributed by atoms with Crippen molar-refractivity contribution in [2.75, 3.05) is 0 Å². The Bertz CT molecular complexity index is 1710. The van der Waals surface area contributed by atoms with Crippen molar-refractivity contribution in [3.05, 3.63) is 107 Å². The van der Waals surface area contributed by atoms with Crippen LogP contribution < -0.4 is 0 Å². The molecule has 7 heteroatoms. The Labute approximate surface area is 208 Å². The van der Waals surface area contributed by atoms with E-state index in [4.69, 9.17) is 4.98 Å². The van der Waals surface area contributed by atoms with Gasteiger partial charge in [-0.2, -0.15) is 0 Å². The first-order valence-corrected chi connectivity index (χ1v) is 11.8. The van der Waals surface area contributed by atoms with E-state index in [2.05, 4.69) is 26.2 Å². The molecule has 1 N–H and O–H groups in total. The van der Waals surface area contributed by atoms with Crippen molar-refractivity contribution < 1.29 is 9.50 Å². The van der Waals surface area contributed by atoms with Gasteiger partial charge in [-0.25, -0.2) is 9.37 Å². The van der Waals surface area contributed by atoms with Crippen LogP contribution in [0.1, 0.15) is 5.56 Å². The molecule has 0 radical (unpaired) electrons. The maximum absolute atomic E-state index is 13.4. The number of hydrogen-bond donors (Lipinski definition) is 1. The third-order valence-electron chi connectivity index (χ3n) is 6.04. The summed E-state index contributed by atoms with van der Waals surface area (Å²) in [7, 11) is 0. The zero-order valence-corrected chi connectivity index (χ0v) is 19.9. The van der Waals surface area contributed by atoms with E-state index in [0.29, 0.717) is 17.9 Å². The average Bonchev–Trinajstić information content (AvgIpc) is 3.12. The summed E-state index contributed by atoms with van der Waals surface area (Å²) >= 11 is 3.52. The molecule has 6 rings (SSSR count). The number of hydrogen-bond acceptors (Lipinski definition) is 4. The number of halogens is 2. The van der Waals surface area contributed by atoms with E-state index in [0.717, 1.165) is 42.7 Å². The first-order chi connectivity index (χ1) is 17.1. The van der Waals surface area contributed by atoms with Crippen molar-refractivity contribution >= 4 is 60.0 Å². The number of pyridine rings is 1. The Hall–Kier alpha value is -4.10. The monoisotopic (exact) mass is 524 g/mol. The molecule has 0 unspecified atom stereocenters. The van der Waals surface area contributed by atoms with E-state index in [1.807, 2.05) is 66.7 Å². The Kier molecular flexibility index (Phi) is 5.26. The number of rotatable bonds is 4. The van der Waals surface area contributed by atoms with Gasteiger partial charge in [0.1, 0.15) is 11.5 Å². The van der Waals surface area contributed by atoms with Gasteiger partial charge in [-0.3, -0.25) is 0 Å². The van der Waals surface area contributed by atoms with E-state index in [1.165, 1.54) is 12.1 Å². The smallest absolute Gasteiger partial charge is 0.221 e. The molecule has 0 amide bonds. The highest BCUT2D eigenvalue weighted by Gasteiger charge is 2.18. The van der Waals surface area contributed by atoms with Crippen molar-refractivity contribution in [2.45, 2.75) is 6.54 Å². The van der Waals surface area contributed by atoms with E-state index in [9.17, 15) is 9.50 Å². The molecule has 0 aliphatic rings. The number of azo groups is 1. The Morgan fingerprint density at radius 2 is 1.40 bits per heavy atom. The summed E-state index contributed by atoms with van der Waals surface area (Å²) in [6.45, 7) is 0.362. The molecule has 0 atom stereocenters. The van der Waals surface area contributed by atoms with Crippen molar-refractivity contribution in [3.63, 3.8) is 0 Å². The lowest BCUT2D eigenvalue weighted by Crippen LogP contribution is -1.98. The fourth-order valence-electron chi connectivity index (χ4n) is 4.35. The van der Waals surface area contributed by atoms with Crippen LogP contribution in [0.3, 0.4) is 0 Å². The summed E-state index contributed by atoms with van der Waals surface area (Å²) in [6, 6.07) is 27.6. The van der Waals surface area contributed by atoms with Gasteiger partial charge in [-0.15, -0.1) is 10.2 Å². The second kappa shape index (κ2) is 8.60. The second-order valence-corrected chi connectivity index (χ2v) is 9.16. The van der Waals surface area contributed by atoms with E-state index < -0.39 is 0 Å². The molecular formula is C28H18BrFN4O. The molecule has 0 aliphatic heterocycles. The largest absolute Gasteiger partial charge is 0.493 e. The van der Waals surface area contributed by atoms with E-state index in [-0.39, 0.29) is 11.7 Å². The summed E-state index contributed by atoms with van der Waals surface area (Å²) in [6.07, 6.45) is 0. The van der Waals surface area contributed by atoms with Gasteiger partial charge in [0.25, 0.3) is 0 Å². The van der Waals surface area contributed by atoms with Crippen LogP contribution >= 0.6 is 15.9 Å². The first kappa shape index (κ1) is 21.4. The van der Waals surface area contributed by atoms with Gasteiger partial charge in [0.2, 0.25) is 5.88 Å². The fraction of sp³-hybridized carbons (Fsp3) is 0.0357. The van der Waals surface area contributed by atoms with Crippen LogP contribution in [0.25, 0.3) is 32.7 Å². The zero-order chi connectivity index (χ0) is 23.9. The highest BCUT2D eigenvalue weighted by atomic mass is 79.9. The Morgan fingerprint density at radius 3 is 2.09 bits per heavy atom. The van der Waals surface area contributed by atoms with Crippen molar-refractivity contribution in [3.8, 4) is 5.88 Å². The number of aromatic nitrogens is 2. The molecule has 0 bridgehead atoms. The first-order valence-electron chi connectivity index (χ1n) is 11.0. The third-order valence-corrected chi connectivity index (χ3v) is 6.53. The van der Waals surface area contributed by atoms with Crippen molar-refractivity contribution in [1.82, 2.24) is 9.55 Å². The molecule has 2 aromatic heterocycles. The predicted octanol–water partition coefficient (Wildman–Crippen LogP) is 8.41. The maximum Gasteiger partial charge on any atom is 0.221 e. The minimum Gasteiger partial charge on any atom is -0.493 e. The molecule has 5 nitrogen and oxygen atoms in total. The highest BCUT2D eigenvalue weighted by Crippen LogP contribution is 2.42. The topological polar surface area (TPSA) is 62.8 Å². The molecule has 0 spiro atoms. The van der Waals surface area contributed by atoms with Crippen LogP contribution in [0.2, 0.25) is 0 Å². The van der Waals surface area contributed by atoms with Gasteiger partial charge in [0.15, 0.2) is 5.69 Å². The number of benzene rings is 4. The number of nitrogens with zero attached hydrogens (tertiary/aromatic N) is 4. The summed E-state index contributed by atoms with van der Waals surface area (Å²) in [5.41, 5.74) is 4.37. The predicted molar refractivity (Wildman–Crippen MR) is 140 cm³/mol. The van der Waals surface area contributed by atoms with Crippen LogP contribution in [0, 0.1) is 5.82 Å². The standard InChI is InChI=1S/C28H18BrFN4O/c29-18-11-14-25-22(15-18)27(28(35)34(25)16-17-9-12-19(30)13-10-17)33-32-26-20-5-1-3-7-23(20)31-24-8-4-2-6-21(24)26/h1-15,35H,16H2. The SMILES string of the molecule is Oc1c(N=Nc2c3ccccc3nc3ccccc23)c2cc(Br)ccc2n1Cc1ccc(F)cc1. The summed E-state index contributed by atoms with van der Waals surface area (Å²) in [5, 5.41) is 23.0. The summed E-state index contributed by atoms with van der Waals surface area (Å²) < 4.78 is 16.0. The highest BCUT2D eigenvalue weighted by molar-refractivity contribution is 9.10. The maximum atomic E-state index is 13.4. The summed E-state index contributed by atoms with van der Waals surface area (Å²) in [5.74, 6) is -0.306. The average molecular weight is 525 g/mol. The minimum absolute atomic E-state index is 0.00570. The molecule has 0 aliphatic carbocycles. The lowest BCUT2D eigenvalue weighted by molar-refractivity contribution is 0.429. The second-order valence-electron chi connectivity index (χ2n) is 8.24. The lowest BCUT2D eigenvalue weighted by Gasteiger charge is -2.07. The van der Waals surface area contributed by atoms with Crippen LogP contribution in [0.4, 0.5) is 15.8 Å². The van der Waals surface area contributed by atoms with Gasteiger partial charge < -0.3 is 9.67 Å². The van der Waals surface area contributed by atoms with Gasteiger partial charge in [0, 0.05) is 20.6 Å². The van der Waals surface area contributed by atoms with Crippen LogP contribution in [-0.4, -0.2) is 14.7 Å². The molecule has 2 heterocycles. The lowest BCUT2D eigenvalue weighted by atomic mass is 10.1. The van der Waals surface area contributed by atoms with Crippen LogP contribution in [0.15, 0.2) is 106 Å². The fourth-order valence-corrected chi connectivity index (χ4v) is 4.71. The number of para-hydroxylation sites is 2. The van der Waals surface area contributed by atoms with Gasteiger partial charge in [0.05, 0.1) is 23.1 Å². The molecule has 6 aromatic rings. The van der Waals surface area contributed by atoms with Crippen molar-refractivity contribution in [2.24, 2.45) is 10.2 Å². The Morgan fingerprint density at radius 1 is 0.771 bits per heavy atom. The molecular weight excluding hydrogens is 507 g/mol. The zero-order valence-electron chi connectivity index (χ0n) is 18.4. The van der Waals surface area contributed by atoms with E-state index in [1.54, 1.807) is 16.7 Å². The molecule has 4 aromatic carbocycles. The molecule has 0 fully saturated rings. The van der Waals surface area contributed by atoms with Gasteiger partial charge in [-0.1, -0.05) is 64.5 Å². The van der Waals surface area contributed by atoms with E-state index >= 15 is 0 Å². The molecule has 35 heavy (non-hydrogen) atoms. The van der Waals surface area contributed by atoms with Crippen LogP contribution in [-0.2, 0) is 6.54 Å². The number of fused-ring (bicyclic) bond motifs is 3.